The van der Waals surface area contributed by atoms with E-state index in [1.54, 1.807) is 0 Å². The molecule has 0 saturated heterocycles. The molecule has 6 aromatic carbocycles. The molecule has 9 rings (SSSR count). The van der Waals surface area contributed by atoms with Crippen molar-refractivity contribution in [3.63, 3.8) is 0 Å². The Balaban J connectivity index is 1.42. The highest BCUT2D eigenvalue weighted by Crippen LogP contribution is 2.43. The van der Waals surface area contributed by atoms with E-state index in [1.807, 2.05) is 6.20 Å². The third-order valence-electron chi connectivity index (χ3n) is 8.60. The fraction of sp³-hybridized carbons (Fsp3) is 0. The second kappa shape index (κ2) is 9.37. The van der Waals surface area contributed by atoms with Crippen molar-refractivity contribution in [3.05, 3.63) is 152 Å². The number of nitrogens with zero attached hydrogens (tertiary/aromatic N) is 3. The first kappa shape index (κ1) is 23.9. The molecule has 0 aliphatic carbocycles. The maximum absolute atomic E-state index is 5.38. The van der Waals surface area contributed by atoms with Crippen LogP contribution in [0.3, 0.4) is 0 Å². The van der Waals surface area contributed by atoms with Crippen molar-refractivity contribution >= 4 is 54.3 Å². The molecule has 0 N–H and O–H groups in total. The van der Waals surface area contributed by atoms with Crippen LogP contribution in [0.15, 0.2) is 152 Å². The number of hydrogen-bond donors (Lipinski definition) is 0. The Morgan fingerprint density at radius 2 is 1.16 bits per heavy atom. The maximum Gasteiger partial charge on any atom is 0.0795 e. The normalized spacial score (nSPS) is 11.7. The van der Waals surface area contributed by atoms with Crippen molar-refractivity contribution in [1.82, 2.24) is 14.5 Å². The molecule has 0 aliphatic heterocycles. The van der Waals surface area contributed by atoms with Crippen LogP contribution in [0.2, 0.25) is 0 Å². The highest BCUT2D eigenvalue weighted by molar-refractivity contribution is 6.28. The van der Waals surface area contributed by atoms with Crippen LogP contribution in [-0.2, 0) is 0 Å². The average Bonchev–Trinajstić information content (AvgIpc) is 3.42. The zero-order chi connectivity index (χ0) is 28.3. The minimum Gasteiger partial charge on any atom is -0.309 e. The molecule has 43 heavy (non-hydrogen) atoms. The molecule has 0 unspecified atom stereocenters. The molecule has 200 valence electrons. The summed E-state index contributed by atoms with van der Waals surface area (Å²) in [5, 5.41) is 8.31. The molecule has 0 saturated carbocycles. The van der Waals surface area contributed by atoms with Crippen LogP contribution in [0.5, 0.6) is 0 Å². The summed E-state index contributed by atoms with van der Waals surface area (Å²) >= 11 is 0. The van der Waals surface area contributed by atoms with Gasteiger partial charge in [0, 0.05) is 49.9 Å². The lowest BCUT2D eigenvalue weighted by atomic mass is 9.94. The van der Waals surface area contributed by atoms with Gasteiger partial charge in [0.1, 0.15) is 0 Å². The summed E-state index contributed by atoms with van der Waals surface area (Å²) in [7, 11) is 0. The van der Waals surface area contributed by atoms with E-state index in [2.05, 4.69) is 150 Å². The van der Waals surface area contributed by atoms with Gasteiger partial charge in [-0.1, -0.05) is 103 Å². The van der Waals surface area contributed by atoms with Crippen LogP contribution < -0.4 is 0 Å². The third-order valence-corrected chi connectivity index (χ3v) is 8.60. The van der Waals surface area contributed by atoms with Gasteiger partial charge in [0.25, 0.3) is 0 Å². The first-order valence-corrected chi connectivity index (χ1v) is 14.6. The Bertz CT molecular complexity index is 2500. The number of aromatic nitrogens is 3. The Morgan fingerprint density at radius 3 is 2.05 bits per heavy atom. The number of hydrogen-bond acceptors (Lipinski definition) is 2. The Hall–Kier alpha value is -5.80. The van der Waals surface area contributed by atoms with Crippen molar-refractivity contribution < 1.29 is 0 Å². The number of para-hydroxylation sites is 3. The molecule has 0 fully saturated rings. The van der Waals surface area contributed by atoms with E-state index < -0.39 is 0 Å². The topological polar surface area (TPSA) is 30.7 Å². The maximum atomic E-state index is 5.38. The summed E-state index contributed by atoms with van der Waals surface area (Å²) in [6.07, 6.45) is 1.90. The van der Waals surface area contributed by atoms with Crippen molar-refractivity contribution in [3.8, 4) is 28.2 Å². The molecule has 3 heterocycles. The monoisotopic (exact) mass is 547 g/mol. The van der Waals surface area contributed by atoms with E-state index in [0.717, 1.165) is 44.5 Å². The molecule has 3 heteroatoms. The third kappa shape index (κ3) is 3.62. The van der Waals surface area contributed by atoms with Crippen LogP contribution >= 0.6 is 0 Å². The molecule has 0 spiro atoms. The molecule has 9 aromatic rings. The molecule has 3 aromatic heterocycles. The highest BCUT2D eigenvalue weighted by Gasteiger charge is 2.20. The lowest BCUT2D eigenvalue weighted by molar-refractivity contribution is 1.18. The standard InChI is InChI=1S/C40H25N3/c1-2-14-29(15-3-1)43-35-20-9-7-18-33(35)37-36(43)22-21-32-31-17-6-8-19-34(31)42-40(38(32)37)28-13-10-12-27(25-28)39-30-16-5-4-11-26(30)23-24-41-39/h1-25H. The zero-order valence-electron chi connectivity index (χ0n) is 23.3. The van der Waals surface area contributed by atoms with Crippen LogP contribution in [-0.4, -0.2) is 14.5 Å². The van der Waals surface area contributed by atoms with E-state index in [0.29, 0.717) is 0 Å². The summed E-state index contributed by atoms with van der Waals surface area (Å²) in [5.41, 5.74) is 8.61. The summed E-state index contributed by atoms with van der Waals surface area (Å²) in [6.45, 7) is 0. The van der Waals surface area contributed by atoms with Gasteiger partial charge in [0.05, 0.1) is 27.9 Å². The zero-order valence-corrected chi connectivity index (χ0v) is 23.3. The first-order chi connectivity index (χ1) is 21.3. The molecular weight excluding hydrogens is 522 g/mol. The van der Waals surface area contributed by atoms with Crippen LogP contribution in [0.25, 0.3) is 82.5 Å². The second-order valence-corrected chi connectivity index (χ2v) is 11.0. The average molecular weight is 548 g/mol. The second-order valence-electron chi connectivity index (χ2n) is 11.0. The number of fused-ring (bicyclic) bond motifs is 8. The number of benzene rings is 6. The van der Waals surface area contributed by atoms with E-state index >= 15 is 0 Å². The fourth-order valence-electron chi connectivity index (χ4n) is 6.73. The van der Waals surface area contributed by atoms with E-state index in [4.69, 9.17) is 9.97 Å². The summed E-state index contributed by atoms with van der Waals surface area (Å²) in [5.74, 6) is 0. The molecule has 0 atom stereocenters. The van der Waals surface area contributed by atoms with Gasteiger partial charge in [0.2, 0.25) is 0 Å². The Labute approximate surface area is 248 Å². The number of pyridine rings is 2. The highest BCUT2D eigenvalue weighted by atomic mass is 15.0. The summed E-state index contributed by atoms with van der Waals surface area (Å²) in [6, 6.07) is 51.6. The summed E-state index contributed by atoms with van der Waals surface area (Å²) in [4.78, 5) is 10.2. The first-order valence-electron chi connectivity index (χ1n) is 14.6. The minimum atomic E-state index is 0.982. The van der Waals surface area contributed by atoms with E-state index in [1.165, 1.54) is 38.0 Å². The predicted molar refractivity (Wildman–Crippen MR) is 180 cm³/mol. The van der Waals surface area contributed by atoms with Gasteiger partial charge in [-0.15, -0.1) is 0 Å². The van der Waals surface area contributed by atoms with E-state index in [-0.39, 0.29) is 0 Å². The van der Waals surface area contributed by atoms with Crippen molar-refractivity contribution in [2.24, 2.45) is 0 Å². The molecule has 0 aliphatic rings. The van der Waals surface area contributed by atoms with Crippen LogP contribution in [0.4, 0.5) is 0 Å². The molecule has 0 radical (unpaired) electrons. The lowest BCUT2D eigenvalue weighted by Gasteiger charge is -2.14. The summed E-state index contributed by atoms with van der Waals surface area (Å²) < 4.78 is 2.37. The van der Waals surface area contributed by atoms with Crippen molar-refractivity contribution in [1.29, 1.82) is 0 Å². The van der Waals surface area contributed by atoms with Gasteiger partial charge in [-0.3, -0.25) is 4.98 Å². The lowest BCUT2D eigenvalue weighted by Crippen LogP contribution is -1.94. The Kier molecular flexibility index (Phi) is 5.20. The SMILES string of the molecule is c1ccc(-n2c3ccccc3c3c4c(-c5cccc(-c6nccc7ccccc67)c5)nc5ccccc5c4ccc32)cc1. The van der Waals surface area contributed by atoms with Gasteiger partial charge in [0.15, 0.2) is 0 Å². The largest absolute Gasteiger partial charge is 0.309 e. The van der Waals surface area contributed by atoms with Crippen LogP contribution in [0.1, 0.15) is 0 Å². The van der Waals surface area contributed by atoms with Gasteiger partial charge in [-0.05, 0) is 53.2 Å². The molecule has 0 bridgehead atoms. The molecule has 0 amide bonds. The predicted octanol–water partition coefficient (Wildman–Crippen LogP) is 10.4. The van der Waals surface area contributed by atoms with Gasteiger partial charge in [-0.2, -0.15) is 0 Å². The molecular formula is C40H25N3. The Morgan fingerprint density at radius 1 is 0.442 bits per heavy atom. The van der Waals surface area contributed by atoms with Gasteiger partial charge in [-0.25, -0.2) is 4.98 Å². The number of rotatable bonds is 3. The molecule has 3 nitrogen and oxygen atoms in total. The smallest absolute Gasteiger partial charge is 0.0795 e. The van der Waals surface area contributed by atoms with Crippen LogP contribution in [0, 0.1) is 0 Å². The minimum absolute atomic E-state index is 0.982. The van der Waals surface area contributed by atoms with E-state index in [9.17, 15) is 0 Å². The van der Waals surface area contributed by atoms with Gasteiger partial charge >= 0.3 is 0 Å². The quantitative estimate of drug-likeness (QED) is 0.206. The van der Waals surface area contributed by atoms with Crippen molar-refractivity contribution in [2.45, 2.75) is 0 Å². The van der Waals surface area contributed by atoms with Gasteiger partial charge < -0.3 is 4.57 Å². The van der Waals surface area contributed by atoms with Crippen molar-refractivity contribution in [2.75, 3.05) is 0 Å². The fourth-order valence-corrected chi connectivity index (χ4v) is 6.73.